The molecule has 0 bridgehead atoms. The van der Waals surface area contributed by atoms with E-state index in [2.05, 4.69) is 25.2 Å². The number of nitrogen functional groups attached to an aromatic ring is 1. The van der Waals surface area contributed by atoms with Crippen molar-refractivity contribution in [2.24, 2.45) is 0 Å². The summed E-state index contributed by atoms with van der Waals surface area (Å²) in [5.41, 5.74) is 2.30. The number of nitrogens with one attached hydrogen (secondary N) is 1. The van der Waals surface area contributed by atoms with Gasteiger partial charge < -0.3 is 25.4 Å². The van der Waals surface area contributed by atoms with Crippen LogP contribution < -0.4 is 25.4 Å². The number of halogens is 6. The number of pyridine rings is 1. The number of ether oxygens (including phenoxy) is 2. The van der Waals surface area contributed by atoms with Crippen molar-refractivity contribution >= 4 is 34.0 Å². The topological polar surface area (TPSA) is 102 Å². The van der Waals surface area contributed by atoms with Crippen LogP contribution in [-0.2, 0) is 6.18 Å². The predicted molar refractivity (Wildman–Crippen MR) is 157 cm³/mol. The fraction of sp³-hybridized carbons (Fsp3) is 0.552. The average Bonchev–Trinajstić information content (AvgIpc) is 3.46. The number of rotatable bonds is 7. The molecule has 3 aliphatic rings. The van der Waals surface area contributed by atoms with Gasteiger partial charge >= 0.3 is 12.2 Å². The molecule has 1 unspecified atom stereocenters. The number of nitrogens with two attached hydrogens (primary N) is 1. The SMILES string of the molecule is CNCC(C)N1CCCOc2nc(-c3cc(N)cc(Cl)c3C(F)(F)F)c(F)c3nc(OC[C@@]45CCCN4C[C@H](F)C5)nc1c23. The molecule has 3 aromatic rings. The lowest BCUT2D eigenvalue weighted by molar-refractivity contribution is -0.137. The summed E-state index contributed by atoms with van der Waals surface area (Å²) in [4.78, 5) is 17.3. The van der Waals surface area contributed by atoms with E-state index in [0.717, 1.165) is 31.5 Å². The van der Waals surface area contributed by atoms with Gasteiger partial charge in [-0.1, -0.05) is 11.6 Å². The van der Waals surface area contributed by atoms with Gasteiger partial charge in [0.2, 0.25) is 5.88 Å². The minimum absolute atomic E-state index is 0.0798. The highest BCUT2D eigenvalue weighted by molar-refractivity contribution is 6.32. The summed E-state index contributed by atoms with van der Waals surface area (Å²) in [5, 5.41) is 2.54. The van der Waals surface area contributed by atoms with Crippen molar-refractivity contribution in [1.82, 2.24) is 25.2 Å². The van der Waals surface area contributed by atoms with E-state index >= 15 is 4.39 Å². The smallest absolute Gasteiger partial charge is 0.418 e. The number of nitrogens with zero attached hydrogens (tertiary/aromatic N) is 5. The Morgan fingerprint density at radius 1 is 1.23 bits per heavy atom. The van der Waals surface area contributed by atoms with E-state index in [9.17, 15) is 17.6 Å². The fourth-order valence-electron chi connectivity index (χ4n) is 6.75. The summed E-state index contributed by atoms with van der Waals surface area (Å²) in [6.07, 6.45) is -3.48. The Balaban J connectivity index is 1.56. The minimum atomic E-state index is -4.94. The molecule has 0 radical (unpaired) electrons. The highest BCUT2D eigenvalue weighted by Gasteiger charge is 2.49. The molecule has 3 aliphatic heterocycles. The Hall–Kier alpha value is -3.23. The number of benzene rings is 1. The Morgan fingerprint density at radius 2 is 2.02 bits per heavy atom. The normalized spacial score (nSPS) is 22.9. The third kappa shape index (κ3) is 5.45. The van der Waals surface area contributed by atoms with Crippen LogP contribution in [0, 0.1) is 5.82 Å². The quantitative estimate of drug-likeness (QED) is 0.265. The monoisotopic (exact) mass is 641 g/mol. The Morgan fingerprint density at radius 3 is 2.77 bits per heavy atom. The molecule has 2 fully saturated rings. The maximum absolute atomic E-state index is 16.6. The molecule has 3 N–H and O–H groups in total. The van der Waals surface area contributed by atoms with Gasteiger partial charge in [0.15, 0.2) is 5.82 Å². The molecular formula is C29H33ClF5N7O2. The van der Waals surface area contributed by atoms with Crippen molar-refractivity contribution < 1.29 is 31.4 Å². The number of likely N-dealkylation sites (N-methyl/N-ethyl adjacent to an activating group) is 1. The molecule has 2 saturated heterocycles. The van der Waals surface area contributed by atoms with E-state index in [1.54, 1.807) is 7.05 Å². The molecule has 0 amide bonds. The van der Waals surface area contributed by atoms with Gasteiger partial charge in [-0.15, -0.1) is 0 Å². The van der Waals surface area contributed by atoms with Gasteiger partial charge in [-0.05, 0) is 51.9 Å². The van der Waals surface area contributed by atoms with Crippen LogP contribution >= 0.6 is 11.6 Å². The van der Waals surface area contributed by atoms with Gasteiger partial charge in [0.05, 0.1) is 22.7 Å². The maximum Gasteiger partial charge on any atom is 0.418 e. The molecule has 0 saturated carbocycles. The van der Waals surface area contributed by atoms with Crippen molar-refractivity contribution in [1.29, 1.82) is 0 Å². The van der Waals surface area contributed by atoms with Gasteiger partial charge in [0.1, 0.15) is 35.2 Å². The summed E-state index contributed by atoms with van der Waals surface area (Å²) >= 11 is 5.99. The number of hydrogen-bond donors (Lipinski definition) is 2. The summed E-state index contributed by atoms with van der Waals surface area (Å²) in [5.74, 6) is -0.986. The van der Waals surface area contributed by atoms with Gasteiger partial charge in [0.25, 0.3) is 0 Å². The first-order chi connectivity index (χ1) is 20.9. The Labute approximate surface area is 255 Å². The van der Waals surface area contributed by atoms with Crippen LogP contribution in [0.1, 0.15) is 38.2 Å². The average molecular weight is 642 g/mol. The van der Waals surface area contributed by atoms with Crippen LogP contribution in [0.5, 0.6) is 11.9 Å². The van der Waals surface area contributed by atoms with Gasteiger partial charge in [-0.25, -0.2) is 13.8 Å². The molecule has 6 rings (SSSR count). The van der Waals surface area contributed by atoms with Crippen LogP contribution in [0.3, 0.4) is 0 Å². The zero-order valence-corrected chi connectivity index (χ0v) is 25.0. The lowest BCUT2D eigenvalue weighted by Crippen LogP contribution is -2.44. The number of aromatic nitrogens is 3. The van der Waals surface area contributed by atoms with Crippen LogP contribution in [0.4, 0.5) is 33.5 Å². The van der Waals surface area contributed by atoms with Gasteiger partial charge in [-0.3, -0.25) is 4.90 Å². The van der Waals surface area contributed by atoms with E-state index in [4.69, 9.17) is 26.8 Å². The second kappa shape index (κ2) is 11.6. The number of fused-ring (bicyclic) bond motifs is 1. The van der Waals surface area contributed by atoms with Crippen molar-refractivity contribution in [2.45, 2.75) is 56.5 Å². The Bertz CT molecular complexity index is 1580. The molecule has 3 atom stereocenters. The number of anilines is 2. The fourth-order valence-corrected chi connectivity index (χ4v) is 7.09. The molecule has 0 aliphatic carbocycles. The highest BCUT2D eigenvalue weighted by atomic mass is 35.5. The summed E-state index contributed by atoms with van der Waals surface area (Å²) < 4.78 is 85.7. The van der Waals surface area contributed by atoms with E-state index in [0.29, 0.717) is 32.5 Å². The zero-order chi connectivity index (χ0) is 31.4. The third-order valence-electron chi connectivity index (χ3n) is 8.68. The van der Waals surface area contributed by atoms with E-state index in [1.807, 2.05) is 11.8 Å². The van der Waals surface area contributed by atoms with Crippen molar-refractivity contribution in [3.8, 4) is 23.1 Å². The predicted octanol–water partition coefficient (Wildman–Crippen LogP) is 5.24. The van der Waals surface area contributed by atoms with Gasteiger partial charge in [-0.2, -0.15) is 23.1 Å². The van der Waals surface area contributed by atoms with Crippen LogP contribution in [-0.4, -0.2) is 84.0 Å². The molecule has 0 spiro atoms. The van der Waals surface area contributed by atoms with E-state index < -0.39 is 45.5 Å². The first-order valence-electron chi connectivity index (χ1n) is 14.6. The molecule has 15 heteroatoms. The van der Waals surface area contributed by atoms with Crippen LogP contribution in [0.15, 0.2) is 12.1 Å². The number of alkyl halides is 4. The minimum Gasteiger partial charge on any atom is -0.477 e. The lowest BCUT2D eigenvalue weighted by atomic mass is 9.95. The first kappa shape index (κ1) is 30.8. The zero-order valence-electron chi connectivity index (χ0n) is 24.3. The molecule has 1 aromatic carbocycles. The molecule has 238 valence electrons. The molecule has 9 nitrogen and oxygen atoms in total. The molecular weight excluding hydrogens is 609 g/mol. The first-order valence-corrected chi connectivity index (χ1v) is 14.9. The third-order valence-corrected chi connectivity index (χ3v) is 8.98. The summed E-state index contributed by atoms with van der Waals surface area (Å²) in [7, 11) is 1.80. The summed E-state index contributed by atoms with van der Waals surface area (Å²) in [6.45, 7) is 4.32. The maximum atomic E-state index is 16.6. The second-order valence-corrected chi connectivity index (χ2v) is 12.1. The van der Waals surface area contributed by atoms with Crippen LogP contribution in [0.25, 0.3) is 22.2 Å². The van der Waals surface area contributed by atoms with E-state index in [1.165, 1.54) is 0 Å². The van der Waals surface area contributed by atoms with Gasteiger partial charge in [0, 0.05) is 43.3 Å². The Kier molecular flexibility index (Phi) is 8.12. The van der Waals surface area contributed by atoms with Crippen molar-refractivity contribution in [2.75, 3.05) is 57.1 Å². The molecule has 5 heterocycles. The highest BCUT2D eigenvalue weighted by Crippen LogP contribution is 2.46. The van der Waals surface area contributed by atoms with Crippen molar-refractivity contribution in [3.05, 3.63) is 28.5 Å². The summed E-state index contributed by atoms with van der Waals surface area (Å²) in [6, 6.07) is 1.62. The second-order valence-electron chi connectivity index (χ2n) is 11.7. The standard InChI is InChI=1S/C29H33ClF5N7O2/c1-15(12-37-2)42-7-4-8-43-26-20-24(22(32)23(38-26)18-9-17(36)10-19(30)21(18)29(33,34)35)39-27(40-25(20)42)44-14-28-5-3-6-41(28)13-16(31)11-28/h9-10,15-16,37H,3-8,11-14,36H2,1-2H3/t15?,16-,28+/m1/s1. The van der Waals surface area contributed by atoms with Crippen molar-refractivity contribution in [3.63, 3.8) is 0 Å². The molecule has 44 heavy (non-hydrogen) atoms. The number of hydrogen-bond acceptors (Lipinski definition) is 9. The largest absolute Gasteiger partial charge is 0.477 e. The lowest BCUT2D eigenvalue weighted by Gasteiger charge is -2.33. The molecule has 2 aromatic heterocycles. The van der Waals surface area contributed by atoms with Crippen LogP contribution in [0.2, 0.25) is 5.02 Å². The van der Waals surface area contributed by atoms with E-state index in [-0.39, 0.29) is 53.6 Å².